The number of phosphoric acid groups is 2. The summed E-state index contributed by atoms with van der Waals surface area (Å²) in [7, 11) is -9.72. The van der Waals surface area contributed by atoms with Crippen LogP contribution in [-0.2, 0) is 46.6 Å². The minimum atomic E-state index is -4.88. The topological polar surface area (TPSA) is 212 Å². The quantitative estimate of drug-likeness (QED) is 0.0112. The molecule has 0 aromatic carbocycles. The number of phosphoric ester groups is 2. The van der Waals surface area contributed by atoms with Gasteiger partial charge in [-0.25, -0.2) is 9.13 Å². The highest BCUT2D eigenvalue weighted by molar-refractivity contribution is 7.47. The summed E-state index contributed by atoms with van der Waals surface area (Å²) >= 11 is 0. The standard InChI is InChI=1S/C51H92O14P2/c1-4-6-32-38-47(52)39-34-29-25-21-17-15-19-23-27-31-36-41-51(55)65-49(45-64-67(59,60)63-43-48(53)42-62-66(56,57)58)44-61-50(54)40-35-30-26-22-18-14-12-10-8-7-9-11-13-16-20-24-28-33-37-46(3)5-2/h15,17,23,25,27,29,34,39,46,48-49,53H,4-14,16,18-22,24,26,28,30-33,35-38,40-45H2,1-3H3,(H,59,60)(H2,56,57,58)/b17-15-,27-23-,29-25-,39-34+/t46?,48-,49+/m0/s1. The third kappa shape index (κ3) is 48.6. The van der Waals surface area contributed by atoms with Gasteiger partial charge < -0.3 is 29.3 Å². The van der Waals surface area contributed by atoms with Crippen LogP contribution in [0, 0.1) is 5.92 Å². The van der Waals surface area contributed by atoms with Gasteiger partial charge in [-0.05, 0) is 50.5 Å². The lowest BCUT2D eigenvalue weighted by Crippen LogP contribution is -2.29. The maximum Gasteiger partial charge on any atom is 0.472 e. The number of carbonyl (C=O) groups excluding carboxylic acids is 3. The lowest BCUT2D eigenvalue weighted by Gasteiger charge is -2.20. The Kier molecular flexibility index (Phi) is 43.4. The van der Waals surface area contributed by atoms with E-state index in [1.807, 2.05) is 36.5 Å². The van der Waals surface area contributed by atoms with Gasteiger partial charge in [-0.3, -0.25) is 28.0 Å². The molecule has 14 nitrogen and oxygen atoms in total. The molecule has 0 saturated heterocycles. The highest BCUT2D eigenvalue weighted by Gasteiger charge is 2.28. The number of ether oxygens (including phenoxy) is 2. The summed E-state index contributed by atoms with van der Waals surface area (Å²) in [5, 5.41) is 9.77. The minimum absolute atomic E-state index is 0.0299. The van der Waals surface area contributed by atoms with Crippen LogP contribution in [0.25, 0.3) is 0 Å². The van der Waals surface area contributed by atoms with Crippen LogP contribution >= 0.6 is 15.6 Å². The zero-order valence-corrected chi connectivity index (χ0v) is 43.4. The molecule has 0 fully saturated rings. The number of ketones is 1. The average Bonchev–Trinajstić information content (AvgIpc) is 3.29. The van der Waals surface area contributed by atoms with E-state index in [9.17, 15) is 33.5 Å². The van der Waals surface area contributed by atoms with E-state index in [-0.39, 0.29) is 18.6 Å². The predicted molar refractivity (Wildman–Crippen MR) is 267 cm³/mol. The smallest absolute Gasteiger partial charge is 0.462 e. The molecule has 67 heavy (non-hydrogen) atoms. The van der Waals surface area contributed by atoms with Gasteiger partial charge in [0.25, 0.3) is 0 Å². The van der Waals surface area contributed by atoms with Crippen molar-refractivity contribution >= 4 is 33.4 Å². The number of allylic oxidation sites excluding steroid dienone is 8. The van der Waals surface area contributed by atoms with Crippen molar-refractivity contribution < 1.29 is 66.3 Å². The third-order valence-corrected chi connectivity index (χ3v) is 12.7. The maximum absolute atomic E-state index is 12.7. The number of hydrogen-bond donors (Lipinski definition) is 4. The number of aliphatic hydroxyl groups excluding tert-OH is 1. The van der Waals surface area contributed by atoms with Gasteiger partial charge in [0.05, 0.1) is 19.8 Å². The SMILES string of the molecule is CCCCCC(=O)/C=C/C=C\C/C=C\C/C=C\CCCC(=O)O[C@H](COC(=O)CCCCCCCCCCCCCCCCCCCCC(C)CC)COP(=O)(O)OC[C@@H](O)COP(=O)(O)O. The van der Waals surface area contributed by atoms with Crippen LogP contribution in [0.3, 0.4) is 0 Å². The molecule has 0 radical (unpaired) electrons. The minimum Gasteiger partial charge on any atom is -0.462 e. The summed E-state index contributed by atoms with van der Waals surface area (Å²) in [6.07, 6.45) is 43.7. The van der Waals surface area contributed by atoms with E-state index in [1.165, 1.54) is 103 Å². The Morgan fingerprint density at radius 2 is 1.03 bits per heavy atom. The molecule has 0 spiro atoms. The van der Waals surface area contributed by atoms with Gasteiger partial charge >= 0.3 is 27.6 Å². The molecule has 0 aliphatic rings. The van der Waals surface area contributed by atoms with Crippen molar-refractivity contribution in [2.75, 3.05) is 26.4 Å². The second kappa shape index (κ2) is 44.9. The van der Waals surface area contributed by atoms with Gasteiger partial charge in [-0.15, -0.1) is 0 Å². The second-order valence-corrected chi connectivity index (χ2v) is 20.4. The molecule has 2 unspecified atom stereocenters. The van der Waals surface area contributed by atoms with E-state index in [0.29, 0.717) is 32.1 Å². The summed E-state index contributed by atoms with van der Waals surface area (Å²) in [5.74, 6) is -0.102. The average molecular weight is 991 g/mol. The van der Waals surface area contributed by atoms with E-state index >= 15 is 0 Å². The summed E-state index contributed by atoms with van der Waals surface area (Å²) in [6.45, 7) is 3.93. The number of hydrogen-bond acceptors (Lipinski definition) is 11. The number of unbranched alkanes of at least 4 members (excludes halogenated alkanes) is 20. The molecule has 0 heterocycles. The molecule has 390 valence electrons. The van der Waals surface area contributed by atoms with Gasteiger partial charge in [0.2, 0.25) is 0 Å². The number of aliphatic hydroxyl groups is 1. The van der Waals surface area contributed by atoms with Crippen molar-refractivity contribution in [1.82, 2.24) is 0 Å². The Morgan fingerprint density at radius 1 is 0.537 bits per heavy atom. The van der Waals surface area contributed by atoms with Gasteiger partial charge in [-0.1, -0.05) is 198 Å². The van der Waals surface area contributed by atoms with E-state index in [2.05, 4.69) is 25.3 Å². The molecule has 0 amide bonds. The Bertz CT molecular complexity index is 1440. The Morgan fingerprint density at radius 3 is 1.60 bits per heavy atom. The first-order valence-electron chi connectivity index (χ1n) is 25.7. The first kappa shape index (κ1) is 64.8. The fourth-order valence-corrected chi connectivity index (χ4v) is 8.08. The summed E-state index contributed by atoms with van der Waals surface area (Å²) in [4.78, 5) is 64.6. The molecular weight excluding hydrogens is 898 g/mol. The van der Waals surface area contributed by atoms with Crippen LogP contribution in [0.4, 0.5) is 0 Å². The molecule has 16 heteroatoms. The molecule has 4 atom stereocenters. The number of carbonyl (C=O) groups is 3. The van der Waals surface area contributed by atoms with Crippen molar-refractivity contribution in [2.45, 2.75) is 226 Å². The van der Waals surface area contributed by atoms with Crippen molar-refractivity contribution in [1.29, 1.82) is 0 Å². The largest absolute Gasteiger partial charge is 0.472 e. The van der Waals surface area contributed by atoms with Crippen LogP contribution in [-0.4, -0.2) is 76.1 Å². The van der Waals surface area contributed by atoms with Crippen molar-refractivity contribution in [2.24, 2.45) is 5.92 Å². The summed E-state index contributed by atoms with van der Waals surface area (Å²) in [6, 6.07) is 0. The van der Waals surface area contributed by atoms with Gasteiger partial charge in [-0.2, -0.15) is 0 Å². The highest BCUT2D eigenvalue weighted by atomic mass is 31.2. The first-order chi connectivity index (χ1) is 32.2. The monoisotopic (exact) mass is 991 g/mol. The van der Waals surface area contributed by atoms with Crippen LogP contribution in [0.1, 0.15) is 213 Å². The van der Waals surface area contributed by atoms with E-state index in [1.54, 1.807) is 12.2 Å². The Hall–Kier alpha value is -2.25. The van der Waals surface area contributed by atoms with Crippen LogP contribution < -0.4 is 0 Å². The second-order valence-electron chi connectivity index (χ2n) is 17.7. The number of rotatable bonds is 48. The Labute approximate surface area is 405 Å². The summed E-state index contributed by atoms with van der Waals surface area (Å²) < 4.78 is 47.9. The van der Waals surface area contributed by atoms with Crippen molar-refractivity contribution in [3.05, 3.63) is 48.6 Å². The predicted octanol–water partition coefficient (Wildman–Crippen LogP) is 13.2. The molecule has 0 aromatic heterocycles. The van der Waals surface area contributed by atoms with E-state index in [0.717, 1.165) is 50.9 Å². The van der Waals surface area contributed by atoms with Gasteiger partial charge in [0.15, 0.2) is 11.9 Å². The van der Waals surface area contributed by atoms with Crippen LogP contribution in [0.2, 0.25) is 0 Å². The lowest BCUT2D eigenvalue weighted by atomic mass is 9.99. The molecule has 0 aromatic rings. The molecular formula is C51H92O14P2. The Balaban J connectivity index is 4.48. The fourth-order valence-electron chi connectivity index (χ4n) is 6.92. The molecule has 4 N–H and O–H groups in total. The van der Waals surface area contributed by atoms with Crippen molar-refractivity contribution in [3.63, 3.8) is 0 Å². The zero-order valence-electron chi connectivity index (χ0n) is 41.7. The van der Waals surface area contributed by atoms with Gasteiger partial charge in [0.1, 0.15) is 12.7 Å². The molecule has 0 aliphatic heterocycles. The maximum atomic E-state index is 12.7. The zero-order chi connectivity index (χ0) is 49.7. The number of esters is 2. The highest BCUT2D eigenvalue weighted by Crippen LogP contribution is 2.44. The van der Waals surface area contributed by atoms with E-state index in [4.69, 9.17) is 28.3 Å². The van der Waals surface area contributed by atoms with Crippen LogP contribution in [0.15, 0.2) is 48.6 Å². The van der Waals surface area contributed by atoms with Gasteiger partial charge in [0, 0.05) is 19.3 Å². The lowest BCUT2D eigenvalue weighted by molar-refractivity contribution is -0.161. The van der Waals surface area contributed by atoms with Crippen molar-refractivity contribution in [3.8, 4) is 0 Å². The fraction of sp³-hybridized carbons (Fsp3) is 0.784. The summed E-state index contributed by atoms with van der Waals surface area (Å²) in [5.41, 5.74) is 0. The molecule has 0 saturated carbocycles. The van der Waals surface area contributed by atoms with Crippen LogP contribution in [0.5, 0.6) is 0 Å². The van der Waals surface area contributed by atoms with E-state index < -0.39 is 66.2 Å². The molecule has 0 bridgehead atoms. The third-order valence-electron chi connectivity index (χ3n) is 11.2. The normalized spacial score (nSPS) is 14.6. The molecule has 0 aliphatic carbocycles. The first-order valence-corrected chi connectivity index (χ1v) is 28.7. The molecule has 0 rings (SSSR count).